The summed E-state index contributed by atoms with van der Waals surface area (Å²) in [5.74, 6) is 0. The van der Waals surface area contributed by atoms with Crippen molar-refractivity contribution in [2.75, 3.05) is 75.3 Å². The molecular weight excluding hydrogens is 436 g/mol. The molecule has 0 bridgehead atoms. The van der Waals surface area contributed by atoms with Gasteiger partial charge >= 0.3 is 0 Å². The Morgan fingerprint density at radius 1 is 0.765 bits per heavy atom. The van der Waals surface area contributed by atoms with Crippen LogP contribution in [0.3, 0.4) is 0 Å². The molecule has 0 amide bonds. The fraction of sp³-hybridized carbons (Fsp3) is 0.826. The van der Waals surface area contributed by atoms with Crippen LogP contribution in [-0.2, 0) is 54.5 Å². The van der Waals surface area contributed by atoms with E-state index >= 15 is 0 Å². The van der Waals surface area contributed by atoms with Gasteiger partial charge in [-0.1, -0.05) is 0 Å². The summed E-state index contributed by atoms with van der Waals surface area (Å²) >= 11 is 0. The van der Waals surface area contributed by atoms with Gasteiger partial charge in [0.25, 0.3) is 0 Å². The molecule has 2 heterocycles. The number of ether oxygens (including phenoxy) is 3. The first-order valence-corrected chi connectivity index (χ1v) is 12.1. The van der Waals surface area contributed by atoms with E-state index in [9.17, 15) is 0 Å². The van der Waals surface area contributed by atoms with Crippen molar-refractivity contribution in [2.24, 2.45) is 14.1 Å². The van der Waals surface area contributed by atoms with Crippen LogP contribution >= 0.6 is 0 Å². The number of aryl methyl sites for hydroxylation is 2. The first-order valence-electron chi connectivity index (χ1n) is 12.1. The fourth-order valence-corrected chi connectivity index (χ4v) is 3.52. The molecule has 0 aromatic carbocycles. The van der Waals surface area contributed by atoms with E-state index in [1.807, 2.05) is 39.7 Å². The number of nitrogens with zero attached hydrogens (tertiary/aromatic N) is 8. The zero-order valence-electron chi connectivity index (χ0n) is 22.9. The Morgan fingerprint density at radius 2 is 1.24 bits per heavy atom. The van der Waals surface area contributed by atoms with Crippen LogP contribution in [0.25, 0.3) is 0 Å². The van der Waals surface area contributed by atoms with E-state index in [2.05, 4.69) is 65.1 Å². The Bertz CT molecular complexity index is 867. The van der Waals surface area contributed by atoms with Gasteiger partial charge in [0.1, 0.15) is 40.3 Å². The number of hydrogen-bond donors (Lipinski definition) is 0. The second kappa shape index (κ2) is 12.7. The SMILES string of the molecule is CC(COCCOCC[n+]1cc(C[N+](C)(C)C)n(C)n1)OCC[n+]1cc(C[N+](C)(C)C)n(C)n1. The summed E-state index contributed by atoms with van der Waals surface area (Å²) in [6, 6.07) is 0. The zero-order valence-corrected chi connectivity index (χ0v) is 22.9. The van der Waals surface area contributed by atoms with Crippen LogP contribution in [0.2, 0.25) is 0 Å². The molecule has 2 aromatic rings. The predicted molar refractivity (Wildman–Crippen MR) is 127 cm³/mol. The molecule has 34 heavy (non-hydrogen) atoms. The fourth-order valence-electron chi connectivity index (χ4n) is 3.52. The molecule has 0 saturated heterocycles. The summed E-state index contributed by atoms with van der Waals surface area (Å²) in [5.41, 5.74) is 2.41. The summed E-state index contributed by atoms with van der Waals surface area (Å²) in [7, 11) is 17.0. The van der Waals surface area contributed by atoms with Crippen LogP contribution in [-0.4, -0.2) is 110 Å². The molecule has 2 rings (SSSR count). The van der Waals surface area contributed by atoms with Gasteiger partial charge < -0.3 is 23.2 Å². The van der Waals surface area contributed by atoms with Crippen LogP contribution < -0.4 is 9.36 Å². The maximum Gasteiger partial charge on any atom is 0.221 e. The molecule has 0 aliphatic carbocycles. The lowest BCUT2D eigenvalue weighted by Gasteiger charge is -2.21. The van der Waals surface area contributed by atoms with Crippen molar-refractivity contribution >= 4 is 0 Å². The normalized spacial score (nSPS) is 13.6. The Kier molecular flexibility index (Phi) is 10.6. The van der Waals surface area contributed by atoms with Gasteiger partial charge in [0.2, 0.25) is 11.4 Å². The summed E-state index contributed by atoms with van der Waals surface area (Å²) in [4.78, 5) is 0. The van der Waals surface area contributed by atoms with Crippen LogP contribution in [0.15, 0.2) is 12.4 Å². The van der Waals surface area contributed by atoms with Crippen LogP contribution in [0.4, 0.5) is 0 Å². The van der Waals surface area contributed by atoms with Crippen molar-refractivity contribution in [1.82, 2.24) is 19.8 Å². The molecule has 11 nitrogen and oxygen atoms in total. The smallest absolute Gasteiger partial charge is 0.221 e. The molecule has 194 valence electrons. The van der Waals surface area contributed by atoms with Crippen LogP contribution in [0, 0.1) is 0 Å². The lowest BCUT2D eigenvalue weighted by Crippen LogP contribution is -2.39. The average molecular weight is 485 g/mol. The van der Waals surface area contributed by atoms with Gasteiger partial charge in [-0.05, 0) is 6.92 Å². The minimum absolute atomic E-state index is 0.0266. The van der Waals surface area contributed by atoms with E-state index < -0.39 is 0 Å². The highest BCUT2D eigenvalue weighted by Gasteiger charge is 2.20. The van der Waals surface area contributed by atoms with Crippen molar-refractivity contribution in [2.45, 2.75) is 39.2 Å². The van der Waals surface area contributed by atoms with Crippen molar-refractivity contribution in [3.8, 4) is 0 Å². The third kappa shape index (κ3) is 11.0. The molecule has 0 fully saturated rings. The highest BCUT2D eigenvalue weighted by Crippen LogP contribution is 2.03. The van der Waals surface area contributed by atoms with Crippen LogP contribution in [0.5, 0.6) is 0 Å². The minimum Gasteiger partial charge on any atom is -0.376 e. The summed E-state index contributed by atoms with van der Waals surface area (Å²) in [6.45, 7) is 8.21. The molecule has 0 spiro atoms. The topological polar surface area (TPSA) is 71.1 Å². The summed E-state index contributed by atoms with van der Waals surface area (Å²) in [5, 5.41) is 9.04. The quantitative estimate of drug-likeness (QED) is 0.179. The number of rotatable bonds is 16. The van der Waals surface area contributed by atoms with Crippen molar-refractivity contribution in [3.05, 3.63) is 23.8 Å². The van der Waals surface area contributed by atoms with Gasteiger partial charge in [0.15, 0.2) is 12.4 Å². The second-order valence-electron chi connectivity index (χ2n) is 11.1. The van der Waals surface area contributed by atoms with Gasteiger partial charge in [-0.25, -0.2) is 0 Å². The zero-order chi connectivity index (χ0) is 25.4. The standard InChI is InChI=1S/C23H48N8O3/c1-21(34-13-11-29-17-23(27(3)25-29)19-31(7,8)9)20-33-15-14-32-12-10-28-16-22(26(2)24-28)18-30(4,5)6/h16-17,21H,10-15,18-20H2,1-9H3/q+4. The van der Waals surface area contributed by atoms with E-state index in [-0.39, 0.29) is 6.10 Å². The molecule has 0 aliphatic rings. The maximum absolute atomic E-state index is 5.87. The molecule has 1 unspecified atom stereocenters. The van der Waals surface area contributed by atoms with E-state index in [1.165, 1.54) is 11.4 Å². The third-order valence-corrected chi connectivity index (χ3v) is 5.11. The Hall–Kier alpha value is -1.92. The van der Waals surface area contributed by atoms with Gasteiger partial charge in [-0.3, -0.25) is 0 Å². The first kappa shape index (κ1) is 28.3. The molecule has 0 saturated carbocycles. The number of hydrogen-bond acceptors (Lipinski definition) is 5. The molecule has 1 atom stereocenters. The van der Waals surface area contributed by atoms with E-state index in [0.717, 1.165) is 35.1 Å². The second-order valence-corrected chi connectivity index (χ2v) is 11.1. The highest BCUT2D eigenvalue weighted by atomic mass is 16.5. The third-order valence-electron chi connectivity index (χ3n) is 5.11. The van der Waals surface area contributed by atoms with Gasteiger partial charge in [0, 0.05) is 0 Å². The largest absolute Gasteiger partial charge is 0.376 e. The maximum atomic E-state index is 5.87. The van der Waals surface area contributed by atoms with Gasteiger partial charge in [-0.2, -0.15) is 0 Å². The van der Waals surface area contributed by atoms with E-state index in [0.29, 0.717) is 33.0 Å². The summed E-state index contributed by atoms with van der Waals surface area (Å²) < 4.78 is 26.8. The lowest BCUT2D eigenvalue weighted by molar-refractivity contribution is -0.884. The Balaban J connectivity index is 1.53. The molecular formula is C23H48N8O3+4. The average Bonchev–Trinajstić information content (AvgIpc) is 3.20. The molecule has 11 heteroatoms. The van der Waals surface area contributed by atoms with Crippen molar-refractivity contribution in [1.29, 1.82) is 0 Å². The molecule has 0 radical (unpaired) electrons. The minimum atomic E-state index is 0.0266. The lowest BCUT2D eigenvalue weighted by atomic mass is 10.4. The number of aromatic nitrogens is 6. The van der Waals surface area contributed by atoms with Gasteiger partial charge in [0.05, 0.1) is 91.9 Å². The molecule has 0 N–H and O–H groups in total. The Labute approximate surface area is 205 Å². The number of quaternary nitrogens is 2. The van der Waals surface area contributed by atoms with E-state index in [1.54, 1.807) is 0 Å². The first-order chi connectivity index (χ1) is 15.8. The van der Waals surface area contributed by atoms with Gasteiger partial charge in [-0.15, -0.1) is 18.7 Å². The Morgan fingerprint density at radius 3 is 1.74 bits per heavy atom. The predicted octanol–water partition coefficient (Wildman–Crippen LogP) is -0.720. The summed E-state index contributed by atoms with van der Waals surface area (Å²) in [6.07, 6.45) is 4.22. The highest BCUT2D eigenvalue weighted by molar-refractivity contribution is 4.87. The molecule has 0 aliphatic heterocycles. The van der Waals surface area contributed by atoms with Crippen molar-refractivity contribution < 1.29 is 32.5 Å². The van der Waals surface area contributed by atoms with E-state index in [4.69, 9.17) is 14.2 Å². The monoisotopic (exact) mass is 484 g/mol. The molecule has 2 aromatic heterocycles. The van der Waals surface area contributed by atoms with Crippen molar-refractivity contribution in [3.63, 3.8) is 0 Å². The van der Waals surface area contributed by atoms with Crippen LogP contribution in [0.1, 0.15) is 18.3 Å².